The lowest BCUT2D eigenvalue weighted by molar-refractivity contribution is -0.113. The van der Waals surface area contributed by atoms with E-state index in [0.717, 1.165) is 10.5 Å². The quantitative estimate of drug-likeness (QED) is 0.664. The van der Waals surface area contributed by atoms with Gasteiger partial charge in [-0.1, -0.05) is 18.2 Å². The van der Waals surface area contributed by atoms with Crippen molar-refractivity contribution in [3.63, 3.8) is 0 Å². The highest BCUT2D eigenvalue weighted by Crippen LogP contribution is 2.24. The van der Waals surface area contributed by atoms with E-state index in [1.165, 1.54) is 22.9 Å². The summed E-state index contributed by atoms with van der Waals surface area (Å²) in [4.78, 5) is 13.2. The molecular formula is C17H20N2OS. The number of benzene rings is 2. The maximum absolute atomic E-state index is 12.1. The SMILES string of the molecule is Cc1ccc(SCC(=O)Nc2c(C)cccc2N)cc1C. The molecule has 21 heavy (non-hydrogen) atoms. The van der Waals surface area contributed by atoms with Crippen molar-refractivity contribution in [2.45, 2.75) is 25.7 Å². The molecule has 0 radical (unpaired) electrons. The number of hydrogen-bond acceptors (Lipinski definition) is 3. The van der Waals surface area contributed by atoms with Crippen LogP contribution in [0.2, 0.25) is 0 Å². The summed E-state index contributed by atoms with van der Waals surface area (Å²) in [6.45, 7) is 6.09. The number of aryl methyl sites for hydroxylation is 3. The molecule has 4 heteroatoms. The van der Waals surface area contributed by atoms with Crippen LogP contribution in [0.3, 0.4) is 0 Å². The summed E-state index contributed by atoms with van der Waals surface area (Å²) in [7, 11) is 0. The van der Waals surface area contributed by atoms with Gasteiger partial charge >= 0.3 is 0 Å². The summed E-state index contributed by atoms with van der Waals surface area (Å²) in [5.74, 6) is 0.329. The van der Waals surface area contributed by atoms with Crippen molar-refractivity contribution in [3.05, 3.63) is 53.1 Å². The van der Waals surface area contributed by atoms with Gasteiger partial charge in [0.05, 0.1) is 17.1 Å². The highest BCUT2D eigenvalue weighted by Gasteiger charge is 2.08. The van der Waals surface area contributed by atoms with Crippen LogP contribution in [0.5, 0.6) is 0 Å². The van der Waals surface area contributed by atoms with Gasteiger partial charge in [-0.05, 0) is 55.7 Å². The van der Waals surface area contributed by atoms with Gasteiger partial charge in [0.25, 0.3) is 0 Å². The zero-order chi connectivity index (χ0) is 15.4. The second-order valence-electron chi connectivity index (χ2n) is 5.12. The number of nitrogen functional groups attached to an aromatic ring is 1. The third-order valence-corrected chi connectivity index (χ3v) is 4.41. The molecule has 0 aliphatic heterocycles. The van der Waals surface area contributed by atoms with Crippen LogP contribution >= 0.6 is 11.8 Å². The van der Waals surface area contributed by atoms with Gasteiger partial charge in [0.2, 0.25) is 5.91 Å². The Balaban J connectivity index is 1.97. The molecule has 2 aromatic carbocycles. The molecule has 0 aromatic heterocycles. The predicted octanol–water partition coefficient (Wildman–Crippen LogP) is 3.92. The molecule has 3 N–H and O–H groups in total. The van der Waals surface area contributed by atoms with E-state index in [-0.39, 0.29) is 5.91 Å². The Morgan fingerprint density at radius 3 is 2.52 bits per heavy atom. The second kappa shape index (κ2) is 6.68. The van der Waals surface area contributed by atoms with Gasteiger partial charge in [0.15, 0.2) is 0 Å². The van der Waals surface area contributed by atoms with Crippen LogP contribution in [-0.4, -0.2) is 11.7 Å². The summed E-state index contributed by atoms with van der Waals surface area (Å²) in [5, 5.41) is 2.89. The molecular weight excluding hydrogens is 280 g/mol. The first-order valence-corrected chi connectivity index (χ1v) is 7.81. The summed E-state index contributed by atoms with van der Waals surface area (Å²) < 4.78 is 0. The molecule has 0 saturated heterocycles. The average molecular weight is 300 g/mol. The van der Waals surface area contributed by atoms with Gasteiger partial charge < -0.3 is 11.1 Å². The van der Waals surface area contributed by atoms with E-state index in [9.17, 15) is 4.79 Å². The predicted molar refractivity (Wildman–Crippen MR) is 90.9 cm³/mol. The molecule has 1 amide bonds. The third kappa shape index (κ3) is 4.02. The summed E-state index contributed by atoms with van der Waals surface area (Å²) in [5.41, 5.74) is 10.7. The minimum Gasteiger partial charge on any atom is -0.397 e. The van der Waals surface area contributed by atoms with E-state index >= 15 is 0 Å². The largest absolute Gasteiger partial charge is 0.397 e. The summed E-state index contributed by atoms with van der Waals surface area (Å²) in [6, 6.07) is 11.8. The molecule has 0 saturated carbocycles. The number of amides is 1. The molecule has 0 aliphatic carbocycles. The maximum Gasteiger partial charge on any atom is 0.234 e. The Hall–Kier alpha value is -1.94. The smallest absolute Gasteiger partial charge is 0.234 e. The van der Waals surface area contributed by atoms with Crippen molar-refractivity contribution < 1.29 is 4.79 Å². The molecule has 0 atom stereocenters. The van der Waals surface area contributed by atoms with E-state index in [2.05, 4.69) is 31.3 Å². The molecule has 110 valence electrons. The van der Waals surface area contributed by atoms with Crippen molar-refractivity contribution >= 4 is 29.0 Å². The number of rotatable bonds is 4. The fraction of sp³-hybridized carbons (Fsp3) is 0.235. The van der Waals surface area contributed by atoms with Crippen LogP contribution in [0.1, 0.15) is 16.7 Å². The van der Waals surface area contributed by atoms with Crippen LogP contribution in [0, 0.1) is 20.8 Å². The summed E-state index contributed by atoms with van der Waals surface area (Å²) >= 11 is 1.53. The van der Waals surface area contributed by atoms with Gasteiger partial charge in [0.1, 0.15) is 0 Å². The standard InChI is InChI=1S/C17H20N2OS/c1-11-7-8-14(9-13(11)3)21-10-16(20)19-17-12(2)5-4-6-15(17)18/h4-9H,10,18H2,1-3H3,(H,19,20). The first-order chi connectivity index (χ1) is 9.97. The zero-order valence-corrected chi connectivity index (χ0v) is 13.4. The van der Waals surface area contributed by atoms with Crippen LogP contribution in [-0.2, 0) is 4.79 Å². The molecule has 0 spiro atoms. The van der Waals surface area contributed by atoms with Crippen molar-refractivity contribution in [1.29, 1.82) is 0 Å². The lowest BCUT2D eigenvalue weighted by atomic mass is 10.1. The number of para-hydroxylation sites is 1. The van der Waals surface area contributed by atoms with Gasteiger partial charge in [0, 0.05) is 4.90 Å². The Labute approximate surface area is 129 Å². The number of nitrogens with one attached hydrogen (secondary N) is 1. The Morgan fingerprint density at radius 2 is 1.86 bits per heavy atom. The summed E-state index contributed by atoms with van der Waals surface area (Å²) in [6.07, 6.45) is 0. The van der Waals surface area contributed by atoms with E-state index < -0.39 is 0 Å². The first kappa shape index (κ1) is 15.4. The Kier molecular flexibility index (Phi) is 4.91. The van der Waals surface area contributed by atoms with E-state index in [0.29, 0.717) is 17.1 Å². The minimum absolute atomic E-state index is 0.0424. The van der Waals surface area contributed by atoms with Crippen molar-refractivity contribution in [3.8, 4) is 0 Å². The molecule has 0 aliphatic rings. The average Bonchev–Trinajstić information content (AvgIpc) is 2.44. The second-order valence-corrected chi connectivity index (χ2v) is 6.17. The highest BCUT2D eigenvalue weighted by molar-refractivity contribution is 8.00. The minimum atomic E-state index is -0.0424. The van der Waals surface area contributed by atoms with E-state index in [1.54, 1.807) is 6.07 Å². The van der Waals surface area contributed by atoms with Crippen molar-refractivity contribution in [2.75, 3.05) is 16.8 Å². The van der Waals surface area contributed by atoms with Crippen molar-refractivity contribution in [1.82, 2.24) is 0 Å². The molecule has 2 rings (SSSR count). The van der Waals surface area contributed by atoms with Crippen LogP contribution in [0.15, 0.2) is 41.3 Å². The molecule has 3 nitrogen and oxygen atoms in total. The lowest BCUT2D eigenvalue weighted by Crippen LogP contribution is -2.16. The normalized spacial score (nSPS) is 10.4. The van der Waals surface area contributed by atoms with Crippen LogP contribution in [0.25, 0.3) is 0 Å². The monoisotopic (exact) mass is 300 g/mol. The fourth-order valence-corrected chi connectivity index (χ4v) is 2.78. The van der Waals surface area contributed by atoms with E-state index in [1.807, 2.05) is 25.1 Å². The van der Waals surface area contributed by atoms with Gasteiger partial charge in [-0.2, -0.15) is 0 Å². The van der Waals surface area contributed by atoms with Crippen LogP contribution in [0.4, 0.5) is 11.4 Å². The zero-order valence-electron chi connectivity index (χ0n) is 12.6. The number of carbonyl (C=O) groups excluding carboxylic acids is 1. The van der Waals surface area contributed by atoms with Gasteiger partial charge in [-0.15, -0.1) is 11.8 Å². The highest BCUT2D eigenvalue weighted by atomic mass is 32.2. The maximum atomic E-state index is 12.1. The topological polar surface area (TPSA) is 55.1 Å². The number of carbonyl (C=O) groups is 1. The lowest BCUT2D eigenvalue weighted by Gasteiger charge is -2.11. The van der Waals surface area contributed by atoms with Crippen LogP contribution < -0.4 is 11.1 Å². The van der Waals surface area contributed by atoms with Gasteiger partial charge in [-0.3, -0.25) is 4.79 Å². The Bertz CT molecular complexity index is 648. The molecule has 2 aromatic rings. The molecule has 0 bridgehead atoms. The van der Waals surface area contributed by atoms with Crippen molar-refractivity contribution in [2.24, 2.45) is 0 Å². The van der Waals surface area contributed by atoms with E-state index in [4.69, 9.17) is 5.73 Å². The number of anilines is 2. The third-order valence-electron chi connectivity index (χ3n) is 3.42. The Morgan fingerprint density at radius 1 is 1.10 bits per heavy atom. The molecule has 0 unspecified atom stereocenters. The first-order valence-electron chi connectivity index (χ1n) is 6.82. The fourth-order valence-electron chi connectivity index (χ4n) is 1.99. The van der Waals surface area contributed by atoms with Gasteiger partial charge in [-0.25, -0.2) is 0 Å². The number of hydrogen-bond donors (Lipinski definition) is 2. The molecule has 0 fully saturated rings. The molecule has 0 heterocycles. The number of thioether (sulfide) groups is 1. The number of nitrogens with two attached hydrogens (primary N) is 1.